The maximum Gasteiger partial charge on any atom is 0.242 e. The molecule has 0 bridgehead atoms. The van der Waals surface area contributed by atoms with E-state index in [2.05, 4.69) is 29.4 Å². The number of ether oxygens (including phenoxy) is 1. The third-order valence-electron chi connectivity index (χ3n) is 5.25. The second kappa shape index (κ2) is 10.9. The smallest absolute Gasteiger partial charge is 0.242 e. The van der Waals surface area contributed by atoms with Gasteiger partial charge in [-0.2, -0.15) is 0 Å². The van der Waals surface area contributed by atoms with Crippen molar-refractivity contribution in [3.8, 4) is 5.75 Å². The molecule has 3 N–H and O–H groups in total. The fourth-order valence-electron chi connectivity index (χ4n) is 3.32. The first kappa shape index (κ1) is 23.4. The number of anilines is 1. The number of nitrogens with zero attached hydrogens (tertiary/aromatic N) is 3. The van der Waals surface area contributed by atoms with Gasteiger partial charge in [-0.1, -0.05) is 86.3 Å². The Labute approximate surface area is 203 Å². The van der Waals surface area contributed by atoms with Gasteiger partial charge in [-0.05, 0) is 41.3 Å². The monoisotopic (exact) mass is 473 g/mol. The van der Waals surface area contributed by atoms with Gasteiger partial charge in [0.25, 0.3) is 0 Å². The summed E-state index contributed by atoms with van der Waals surface area (Å²) in [7, 11) is 0. The Balaban J connectivity index is 1.48. The average Bonchev–Trinajstić information content (AvgIpc) is 3.21. The molecule has 7 nitrogen and oxygen atoms in total. The lowest BCUT2D eigenvalue weighted by Gasteiger charge is -2.16. The van der Waals surface area contributed by atoms with Crippen LogP contribution in [0.25, 0.3) is 0 Å². The Morgan fingerprint density at radius 2 is 1.59 bits per heavy atom. The fraction of sp³-hybridized carbons (Fsp3) is 0.192. The lowest BCUT2D eigenvalue weighted by atomic mass is 10.0. The van der Waals surface area contributed by atoms with Gasteiger partial charge in [0.2, 0.25) is 11.1 Å². The molecule has 0 aliphatic heterocycles. The van der Waals surface area contributed by atoms with Crippen LogP contribution in [0.4, 0.5) is 5.69 Å². The van der Waals surface area contributed by atoms with Crippen molar-refractivity contribution in [3.05, 3.63) is 102 Å². The number of carbonyl (C=O) groups is 1. The van der Waals surface area contributed by atoms with Gasteiger partial charge in [-0.3, -0.25) is 4.79 Å². The Kier molecular flexibility index (Phi) is 7.49. The zero-order valence-electron chi connectivity index (χ0n) is 19.1. The summed E-state index contributed by atoms with van der Waals surface area (Å²) >= 11 is 1.24. The first-order valence-corrected chi connectivity index (χ1v) is 11.9. The van der Waals surface area contributed by atoms with Crippen LogP contribution in [0.1, 0.15) is 42.0 Å². The highest BCUT2D eigenvalue weighted by Crippen LogP contribution is 2.35. The Morgan fingerprint density at radius 3 is 2.24 bits per heavy atom. The molecular weight excluding hydrogens is 446 g/mol. The lowest BCUT2D eigenvalue weighted by molar-refractivity contribution is -0.115. The summed E-state index contributed by atoms with van der Waals surface area (Å²) in [5, 5.41) is 11.2. The van der Waals surface area contributed by atoms with Crippen LogP contribution in [0.3, 0.4) is 0 Å². The van der Waals surface area contributed by atoms with Gasteiger partial charge < -0.3 is 15.9 Å². The second-order valence-electron chi connectivity index (χ2n) is 8.05. The summed E-state index contributed by atoms with van der Waals surface area (Å²) in [4.78, 5) is 13.2. The van der Waals surface area contributed by atoms with Crippen molar-refractivity contribution < 1.29 is 9.53 Å². The molecule has 3 aromatic carbocycles. The van der Waals surface area contributed by atoms with Crippen molar-refractivity contribution in [2.75, 3.05) is 11.2 Å². The molecule has 1 aromatic heterocycles. The standard InChI is InChI=1S/C26H27N5O2S/c1-18(2)19-13-15-22(16-14-19)33-17-23-29-30-26(31(23)27)34-24(20-9-5-3-6-10-20)25(32)28-21-11-7-4-8-12-21/h3-16,18,24H,17,27H2,1-2H3,(H,28,32). The number of benzene rings is 3. The highest BCUT2D eigenvalue weighted by Gasteiger charge is 2.25. The number of aromatic nitrogens is 3. The number of amides is 1. The summed E-state index contributed by atoms with van der Waals surface area (Å²) in [5.74, 6) is 7.74. The maximum absolute atomic E-state index is 13.2. The minimum absolute atomic E-state index is 0.164. The van der Waals surface area contributed by atoms with Crippen LogP contribution < -0.4 is 15.9 Å². The number of carbonyl (C=O) groups excluding carboxylic acids is 1. The summed E-state index contributed by atoms with van der Waals surface area (Å²) < 4.78 is 7.22. The van der Waals surface area contributed by atoms with E-state index in [1.54, 1.807) is 0 Å². The molecule has 0 aliphatic carbocycles. The van der Waals surface area contributed by atoms with Crippen molar-refractivity contribution in [1.82, 2.24) is 14.9 Å². The van der Waals surface area contributed by atoms with Crippen molar-refractivity contribution in [2.24, 2.45) is 0 Å². The van der Waals surface area contributed by atoms with E-state index < -0.39 is 5.25 Å². The molecule has 0 radical (unpaired) electrons. The van der Waals surface area contributed by atoms with E-state index in [0.717, 1.165) is 17.0 Å². The summed E-state index contributed by atoms with van der Waals surface area (Å²) in [6.45, 7) is 4.46. The lowest BCUT2D eigenvalue weighted by Crippen LogP contribution is -2.21. The van der Waals surface area contributed by atoms with E-state index in [4.69, 9.17) is 10.6 Å². The SMILES string of the molecule is CC(C)c1ccc(OCc2nnc(SC(C(=O)Nc3ccccc3)c3ccccc3)n2N)cc1. The Bertz CT molecular complexity index is 1210. The van der Waals surface area contributed by atoms with Crippen LogP contribution in [0.15, 0.2) is 90.1 Å². The molecule has 1 heterocycles. The number of hydrogen-bond donors (Lipinski definition) is 2. The number of hydrogen-bond acceptors (Lipinski definition) is 6. The van der Waals surface area contributed by atoms with E-state index in [1.807, 2.05) is 84.9 Å². The molecule has 1 atom stereocenters. The first-order valence-electron chi connectivity index (χ1n) is 11.0. The molecule has 4 rings (SSSR count). The van der Waals surface area contributed by atoms with E-state index in [9.17, 15) is 4.79 Å². The van der Waals surface area contributed by atoms with Crippen molar-refractivity contribution in [2.45, 2.75) is 36.8 Å². The summed E-state index contributed by atoms with van der Waals surface area (Å²) in [5.41, 5.74) is 2.81. The van der Waals surface area contributed by atoms with Crippen LogP contribution in [0.5, 0.6) is 5.75 Å². The van der Waals surface area contributed by atoms with Gasteiger partial charge in [0.05, 0.1) is 0 Å². The fourth-order valence-corrected chi connectivity index (χ4v) is 4.30. The topological polar surface area (TPSA) is 95.1 Å². The van der Waals surface area contributed by atoms with Crippen LogP contribution in [0.2, 0.25) is 0 Å². The number of nitrogens with one attached hydrogen (secondary N) is 1. The van der Waals surface area contributed by atoms with Gasteiger partial charge in [0.15, 0.2) is 5.82 Å². The molecule has 0 saturated carbocycles. The minimum atomic E-state index is -0.565. The Morgan fingerprint density at radius 1 is 0.941 bits per heavy atom. The van der Waals surface area contributed by atoms with Crippen molar-refractivity contribution >= 4 is 23.4 Å². The number of thioether (sulfide) groups is 1. The van der Waals surface area contributed by atoms with Gasteiger partial charge in [0, 0.05) is 5.69 Å². The van der Waals surface area contributed by atoms with Gasteiger partial charge >= 0.3 is 0 Å². The van der Waals surface area contributed by atoms with Crippen molar-refractivity contribution in [3.63, 3.8) is 0 Å². The molecule has 8 heteroatoms. The highest BCUT2D eigenvalue weighted by atomic mass is 32.2. The number of rotatable bonds is 9. The van der Waals surface area contributed by atoms with E-state index in [0.29, 0.717) is 16.9 Å². The number of nitrogens with two attached hydrogens (primary N) is 1. The van der Waals surface area contributed by atoms with Crippen LogP contribution in [-0.4, -0.2) is 20.8 Å². The van der Waals surface area contributed by atoms with E-state index in [1.165, 1.54) is 22.0 Å². The number of nitrogen functional groups attached to an aromatic ring is 1. The third-order valence-corrected chi connectivity index (χ3v) is 6.47. The highest BCUT2D eigenvalue weighted by molar-refractivity contribution is 8.00. The first-order chi connectivity index (χ1) is 16.5. The zero-order chi connectivity index (χ0) is 23.9. The molecule has 1 amide bonds. The van der Waals surface area contributed by atoms with E-state index >= 15 is 0 Å². The average molecular weight is 474 g/mol. The molecule has 174 valence electrons. The molecule has 4 aromatic rings. The predicted molar refractivity (Wildman–Crippen MR) is 135 cm³/mol. The molecular formula is C26H27N5O2S. The Hall–Kier alpha value is -3.78. The number of para-hydroxylation sites is 1. The van der Waals surface area contributed by atoms with E-state index in [-0.39, 0.29) is 12.5 Å². The molecule has 1 unspecified atom stereocenters. The van der Waals surface area contributed by atoms with Crippen LogP contribution >= 0.6 is 11.8 Å². The van der Waals surface area contributed by atoms with Crippen molar-refractivity contribution in [1.29, 1.82) is 0 Å². The predicted octanol–water partition coefficient (Wildman–Crippen LogP) is 5.17. The quantitative estimate of drug-likeness (QED) is 0.257. The summed E-state index contributed by atoms with van der Waals surface area (Å²) in [6.07, 6.45) is 0. The third kappa shape index (κ3) is 5.77. The molecule has 0 saturated heterocycles. The normalized spacial score (nSPS) is 11.9. The zero-order valence-corrected chi connectivity index (χ0v) is 19.9. The van der Waals surface area contributed by atoms with Gasteiger partial charge in [0.1, 0.15) is 17.6 Å². The largest absolute Gasteiger partial charge is 0.486 e. The second-order valence-corrected chi connectivity index (χ2v) is 9.12. The van der Waals surface area contributed by atoms with Gasteiger partial charge in [-0.15, -0.1) is 10.2 Å². The van der Waals surface area contributed by atoms with Crippen LogP contribution in [-0.2, 0) is 11.4 Å². The molecule has 0 aliphatic rings. The maximum atomic E-state index is 13.2. The molecule has 34 heavy (non-hydrogen) atoms. The minimum Gasteiger partial charge on any atom is -0.486 e. The van der Waals surface area contributed by atoms with Crippen LogP contribution in [0, 0.1) is 0 Å². The molecule has 0 fully saturated rings. The van der Waals surface area contributed by atoms with Gasteiger partial charge in [-0.25, -0.2) is 4.68 Å². The molecule has 0 spiro atoms. The summed E-state index contributed by atoms with van der Waals surface area (Å²) in [6, 6.07) is 26.8.